The van der Waals surface area contributed by atoms with Crippen LogP contribution in [0.15, 0.2) is 60.7 Å². The predicted molar refractivity (Wildman–Crippen MR) is 97.0 cm³/mol. The Bertz CT molecular complexity index is 800. The number of ether oxygens (including phenoxy) is 2. The summed E-state index contributed by atoms with van der Waals surface area (Å²) in [6.45, 7) is 2.24. The van der Waals surface area contributed by atoms with Gasteiger partial charge in [0.1, 0.15) is 17.5 Å². The Morgan fingerprint density at radius 3 is 2.80 bits per heavy atom. The second-order valence-electron chi connectivity index (χ2n) is 6.39. The molecule has 25 heavy (non-hydrogen) atoms. The molecule has 2 aromatic rings. The molecule has 0 aromatic heterocycles. The van der Waals surface area contributed by atoms with Gasteiger partial charge < -0.3 is 14.8 Å². The highest BCUT2D eigenvalue weighted by atomic mass is 16.5. The Morgan fingerprint density at radius 1 is 1.16 bits per heavy atom. The maximum absolute atomic E-state index is 12.3. The van der Waals surface area contributed by atoms with E-state index in [4.69, 9.17) is 9.47 Å². The molecule has 1 heterocycles. The molecule has 3 unspecified atom stereocenters. The molecule has 0 bridgehead atoms. The first kappa shape index (κ1) is 15.8. The van der Waals surface area contributed by atoms with Crippen LogP contribution in [-0.4, -0.2) is 18.6 Å². The van der Waals surface area contributed by atoms with Gasteiger partial charge in [-0.1, -0.05) is 30.4 Å². The molecular weight excluding hydrogens is 314 g/mol. The van der Waals surface area contributed by atoms with Crippen molar-refractivity contribution in [3.63, 3.8) is 0 Å². The largest absolute Gasteiger partial charge is 0.464 e. The van der Waals surface area contributed by atoms with Gasteiger partial charge in [-0.15, -0.1) is 0 Å². The lowest BCUT2D eigenvalue weighted by Gasteiger charge is -2.35. The van der Waals surface area contributed by atoms with E-state index >= 15 is 0 Å². The molecule has 0 saturated heterocycles. The molecule has 3 atom stereocenters. The number of esters is 1. The van der Waals surface area contributed by atoms with Gasteiger partial charge in [0.2, 0.25) is 0 Å². The van der Waals surface area contributed by atoms with E-state index in [2.05, 4.69) is 23.5 Å². The fraction of sp³-hybridized carbons (Fsp3) is 0.286. The number of hydrogen-bond donors (Lipinski definition) is 1. The van der Waals surface area contributed by atoms with E-state index in [0.29, 0.717) is 6.61 Å². The van der Waals surface area contributed by atoms with Gasteiger partial charge in [-0.05, 0) is 49.2 Å². The van der Waals surface area contributed by atoms with E-state index in [1.165, 1.54) is 5.56 Å². The van der Waals surface area contributed by atoms with Crippen molar-refractivity contribution in [1.82, 2.24) is 0 Å². The van der Waals surface area contributed by atoms with Gasteiger partial charge in [0.25, 0.3) is 0 Å². The zero-order valence-corrected chi connectivity index (χ0v) is 14.1. The first-order valence-electron chi connectivity index (χ1n) is 8.73. The van der Waals surface area contributed by atoms with Gasteiger partial charge in [0.05, 0.1) is 6.61 Å². The lowest BCUT2D eigenvalue weighted by molar-refractivity contribution is -0.145. The standard InChI is InChI=1S/C21H21NO3/c1-2-24-21(23)20-17-10-6-9-16(17)18-13-15(11-12-19(18)22-20)25-14-7-4-3-5-8-14/h3-9,11-13,16-17,20,22H,2,10H2,1H3. The van der Waals surface area contributed by atoms with Crippen molar-refractivity contribution >= 4 is 11.7 Å². The van der Waals surface area contributed by atoms with E-state index in [-0.39, 0.29) is 23.8 Å². The van der Waals surface area contributed by atoms with E-state index in [0.717, 1.165) is 23.6 Å². The number of carbonyl (C=O) groups excluding carboxylic acids is 1. The quantitative estimate of drug-likeness (QED) is 0.660. The third kappa shape index (κ3) is 3.00. The minimum Gasteiger partial charge on any atom is -0.464 e. The Balaban J connectivity index is 1.63. The second-order valence-corrected chi connectivity index (χ2v) is 6.39. The lowest BCUT2D eigenvalue weighted by Crippen LogP contribution is -2.42. The number of anilines is 1. The van der Waals surface area contributed by atoms with Crippen LogP contribution >= 0.6 is 0 Å². The molecule has 2 aromatic carbocycles. The fourth-order valence-electron chi connectivity index (χ4n) is 3.73. The third-order valence-electron chi connectivity index (χ3n) is 4.85. The summed E-state index contributed by atoms with van der Waals surface area (Å²) in [5.74, 6) is 1.86. The van der Waals surface area contributed by atoms with Crippen molar-refractivity contribution in [3.8, 4) is 11.5 Å². The highest BCUT2D eigenvalue weighted by Gasteiger charge is 2.41. The third-order valence-corrected chi connectivity index (χ3v) is 4.85. The topological polar surface area (TPSA) is 47.6 Å². The minimum absolute atomic E-state index is 0.170. The molecule has 0 radical (unpaired) electrons. The van der Waals surface area contributed by atoms with Crippen molar-refractivity contribution < 1.29 is 14.3 Å². The zero-order chi connectivity index (χ0) is 17.2. The highest BCUT2D eigenvalue weighted by molar-refractivity contribution is 5.82. The molecule has 1 aliphatic heterocycles. The van der Waals surface area contributed by atoms with Crippen molar-refractivity contribution in [1.29, 1.82) is 0 Å². The summed E-state index contributed by atoms with van der Waals surface area (Å²) >= 11 is 0. The normalized spacial score (nSPS) is 23.3. The maximum Gasteiger partial charge on any atom is 0.328 e. The molecular formula is C21H21NO3. The number of rotatable bonds is 4. The van der Waals surface area contributed by atoms with Crippen molar-refractivity contribution in [2.75, 3.05) is 11.9 Å². The van der Waals surface area contributed by atoms with Gasteiger partial charge in [0.15, 0.2) is 0 Å². The summed E-state index contributed by atoms with van der Waals surface area (Å²) < 4.78 is 11.2. The summed E-state index contributed by atoms with van der Waals surface area (Å²) in [5.41, 5.74) is 2.15. The summed E-state index contributed by atoms with van der Waals surface area (Å²) in [4.78, 5) is 12.3. The van der Waals surface area contributed by atoms with Crippen molar-refractivity contribution in [3.05, 3.63) is 66.2 Å². The second kappa shape index (κ2) is 6.63. The molecule has 0 amide bonds. The van der Waals surface area contributed by atoms with Crippen LogP contribution in [0.5, 0.6) is 11.5 Å². The van der Waals surface area contributed by atoms with Gasteiger partial charge in [-0.2, -0.15) is 0 Å². The van der Waals surface area contributed by atoms with Crippen LogP contribution in [0.4, 0.5) is 5.69 Å². The van der Waals surface area contributed by atoms with Gasteiger partial charge >= 0.3 is 5.97 Å². The number of carbonyl (C=O) groups is 1. The van der Waals surface area contributed by atoms with Crippen molar-refractivity contribution in [2.24, 2.45) is 5.92 Å². The summed E-state index contributed by atoms with van der Waals surface area (Å²) in [6.07, 6.45) is 5.23. The molecule has 0 spiro atoms. The van der Waals surface area contributed by atoms with Crippen LogP contribution in [0, 0.1) is 5.92 Å². The molecule has 4 nitrogen and oxygen atoms in total. The van der Waals surface area contributed by atoms with Crippen LogP contribution in [0.25, 0.3) is 0 Å². The molecule has 128 valence electrons. The monoisotopic (exact) mass is 335 g/mol. The van der Waals surface area contributed by atoms with Crippen LogP contribution in [0.2, 0.25) is 0 Å². The van der Waals surface area contributed by atoms with Crippen LogP contribution < -0.4 is 10.1 Å². The zero-order valence-electron chi connectivity index (χ0n) is 14.1. The smallest absolute Gasteiger partial charge is 0.328 e. The first-order chi connectivity index (χ1) is 12.3. The van der Waals surface area contributed by atoms with Gasteiger partial charge in [-0.3, -0.25) is 0 Å². The maximum atomic E-state index is 12.3. The summed E-state index contributed by atoms with van der Waals surface area (Å²) in [5, 5.41) is 3.37. The number of para-hydroxylation sites is 1. The van der Waals surface area contributed by atoms with Crippen LogP contribution in [-0.2, 0) is 9.53 Å². The number of allylic oxidation sites excluding steroid dienone is 2. The number of hydrogen-bond acceptors (Lipinski definition) is 4. The first-order valence-corrected chi connectivity index (χ1v) is 8.73. The van der Waals surface area contributed by atoms with E-state index in [1.54, 1.807) is 0 Å². The average molecular weight is 335 g/mol. The Morgan fingerprint density at radius 2 is 2.00 bits per heavy atom. The molecule has 0 saturated carbocycles. The molecule has 2 aliphatic rings. The van der Waals surface area contributed by atoms with E-state index < -0.39 is 0 Å². The SMILES string of the molecule is CCOC(=O)C1Nc2ccc(Oc3ccccc3)cc2C2C=CCC12. The van der Waals surface area contributed by atoms with Crippen molar-refractivity contribution in [2.45, 2.75) is 25.3 Å². The summed E-state index contributed by atoms with van der Waals surface area (Å²) in [6, 6.07) is 15.4. The number of nitrogens with one attached hydrogen (secondary N) is 1. The van der Waals surface area contributed by atoms with Crippen LogP contribution in [0.1, 0.15) is 24.8 Å². The van der Waals surface area contributed by atoms with Gasteiger partial charge in [0, 0.05) is 17.5 Å². The molecule has 0 fully saturated rings. The molecule has 4 rings (SSSR count). The number of fused-ring (bicyclic) bond motifs is 3. The molecule has 1 N–H and O–H groups in total. The Labute approximate surface area is 147 Å². The average Bonchev–Trinajstić information content (AvgIpc) is 3.12. The Kier molecular flexibility index (Phi) is 4.18. The molecule has 1 aliphatic carbocycles. The summed E-state index contributed by atoms with van der Waals surface area (Å²) in [7, 11) is 0. The number of benzene rings is 2. The predicted octanol–water partition coefficient (Wildman–Crippen LogP) is 4.50. The van der Waals surface area contributed by atoms with Crippen LogP contribution in [0.3, 0.4) is 0 Å². The fourth-order valence-corrected chi connectivity index (χ4v) is 3.73. The lowest BCUT2D eigenvalue weighted by atomic mass is 9.79. The van der Waals surface area contributed by atoms with Gasteiger partial charge in [-0.25, -0.2) is 4.79 Å². The minimum atomic E-state index is -0.298. The highest BCUT2D eigenvalue weighted by Crippen LogP contribution is 2.46. The molecule has 4 heteroatoms. The van der Waals surface area contributed by atoms with E-state index in [9.17, 15) is 4.79 Å². The van der Waals surface area contributed by atoms with E-state index in [1.807, 2.05) is 49.4 Å². The Hall–Kier alpha value is -2.75.